The number of unbranched alkanes of at least 4 members (excludes halogenated alkanes) is 50. The average Bonchev–Trinajstić information content (AvgIpc) is 3.46. The Morgan fingerprint density at radius 2 is 0.625 bits per heavy atom. The third-order valence-corrected chi connectivity index (χ3v) is 16.6. The Bertz CT molecular complexity index is 1340. The van der Waals surface area contributed by atoms with Crippen LogP contribution >= 0.6 is 0 Å². The SMILES string of the molecule is CCCCCC/C=C\C/C=C\CCCCCCCCCC(=O)OCCCCCCCCCCCCCC/C=C\CCCCCCCCCCCCCCCCCCCC(=O)NC(CO)C(O)/C=C/CCCCCCCCCCCC. The maximum Gasteiger partial charge on any atom is 0.305 e. The van der Waals surface area contributed by atoms with Crippen LogP contribution in [0.3, 0.4) is 0 Å². The number of nitrogens with one attached hydrogen (secondary N) is 1. The van der Waals surface area contributed by atoms with E-state index in [0.717, 1.165) is 51.4 Å². The summed E-state index contributed by atoms with van der Waals surface area (Å²) in [6.07, 6.45) is 90.6. The molecule has 6 heteroatoms. The molecule has 0 aliphatic rings. The van der Waals surface area contributed by atoms with Crippen LogP contribution in [0, 0.1) is 0 Å². The number of aliphatic hydroxyl groups excluding tert-OH is 2. The molecule has 1 amide bonds. The van der Waals surface area contributed by atoms with E-state index < -0.39 is 12.1 Å². The van der Waals surface area contributed by atoms with Crippen molar-refractivity contribution in [3.05, 3.63) is 48.6 Å². The van der Waals surface area contributed by atoms with Gasteiger partial charge in [-0.2, -0.15) is 0 Å². The highest BCUT2D eigenvalue weighted by molar-refractivity contribution is 5.76. The van der Waals surface area contributed by atoms with Gasteiger partial charge in [0.25, 0.3) is 0 Å². The number of carbonyl (C=O) groups excluding carboxylic acids is 2. The van der Waals surface area contributed by atoms with E-state index in [1.165, 1.54) is 308 Å². The van der Waals surface area contributed by atoms with Crippen molar-refractivity contribution >= 4 is 11.9 Å². The quantitative estimate of drug-likeness (QED) is 0.0320. The normalized spacial score (nSPS) is 12.8. The van der Waals surface area contributed by atoms with Crippen LogP contribution < -0.4 is 5.32 Å². The summed E-state index contributed by atoms with van der Waals surface area (Å²) in [6.45, 7) is 4.90. The van der Waals surface area contributed by atoms with Crippen molar-refractivity contribution in [2.75, 3.05) is 13.2 Å². The van der Waals surface area contributed by atoms with E-state index in [1.54, 1.807) is 6.08 Å². The highest BCUT2D eigenvalue weighted by atomic mass is 16.5. The molecule has 0 spiro atoms. The number of esters is 1. The lowest BCUT2D eigenvalue weighted by Gasteiger charge is -2.20. The predicted molar refractivity (Wildman–Crippen MR) is 352 cm³/mol. The topological polar surface area (TPSA) is 95.9 Å². The van der Waals surface area contributed by atoms with Gasteiger partial charge in [0.15, 0.2) is 0 Å². The third-order valence-electron chi connectivity index (χ3n) is 16.6. The molecule has 0 aliphatic carbocycles. The van der Waals surface area contributed by atoms with E-state index in [4.69, 9.17) is 4.74 Å². The highest BCUT2D eigenvalue weighted by Gasteiger charge is 2.18. The Hall–Kier alpha value is -2.18. The molecule has 0 aromatic carbocycles. The molecule has 0 saturated carbocycles. The summed E-state index contributed by atoms with van der Waals surface area (Å²) in [5.41, 5.74) is 0. The fourth-order valence-electron chi connectivity index (χ4n) is 11.1. The molecule has 0 fully saturated rings. The van der Waals surface area contributed by atoms with Crippen molar-refractivity contribution in [1.82, 2.24) is 5.32 Å². The van der Waals surface area contributed by atoms with Gasteiger partial charge < -0.3 is 20.3 Å². The number of hydrogen-bond acceptors (Lipinski definition) is 5. The number of amides is 1. The summed E-state index contributed by atoms with van der Waals surface area (Å²) in [4.78, 5) is 24.6. The van der Waals surface area contributed by atoms with Gasteiger partial charge in [0.05, 0.1) is 25.4 Å². The summed E-state index contributed by atoms with van der Waals surface area (Å²) < 4.78 is 5.50. The van der Waals surface area contributed by atoms with Gasteiger partial charge >= 0.3 is 5.97 Å². The van der Waals surface area contributed by atoms with Gasteiger partial charge in [-0.25, -0.2) is 0 Å². The van der Waals surface area contributed by atoms with Crippen LogP contribution in [0.5, 0.6) is 0 Å². The second kappa shape index (κ2) is 69.3. The standard InChI is InChI=1S/C74H139NO5/c1-3-5-7-9-11-13-15-17-18-19-38-41-44-48-52-56-60-64-68-74(79)80-69-65-61-57-53-49-45-42-39-36-34-32-30-28-26-24-22-20-21-23-25-27-29-31-33-35-37-40-43-47-51-55-59-63-67-73(78)75-71(70-76)72(77)66-62-58-54-50-46-16-14-12-10-8-6-4-2/h13,15,18-19,24,26,62,66,71-72,76-77H,3-12,14,16-17,20-23,25,27-61,63-65,67-70H2,1-2H3,(H,75,78)/b15-13-,19-18-,26-24-,66-62+. The maximum absolute atomic E-state index is 12.5. The number of aliphatic hydroxyl groups is 2. The molecule has 6 nitrogen and oxygen atoms in total. The molecule has 80 heavy (non-hydrogen) atoms. The summed E-state index contributed by atoms with van der Waals surface area (Å²) in [7, 11) is 0. The Morgan fingerprint density at radius 1 is 0.350 bits per heavy atom. The number of rotatable bonds is 67. The second-order valence-corrected chi connectivity index (χ2v) is 24.6. The van der Waals surface area contributed by atoms with E-state index >= 15 is 0 Å². The molecule has 2 atom stereocenters. The number of carbonyl (C=O) groups is 2. The highest BCUT2D eigenvalue weighted by Crippen LogP contribution is 2.18. The monoisotopic (exact) mass is 1120 g/mol. The molecule has 470 valence electrons. The summed E-state index contributed by atoms with van der Waals surface area (Å²) in [6, 6.07) is -0.625. The lowest BCUT2D eigenvalue weighted by Crippen LogP contribution is -2.45. The molecule has 0 rings (SSSR count). The van der Waals surface area contributed by atoms with E-state index in [9.17, 15) is 19.8 Å². The minimum absolute atomic E-state index is 0.0112. The molecule has 3 N–H and O–H groups in total. The van der Waals surface area contributed by atoms with E-state index in [-0.39, 0.29) is 18.5 Å². The van der Waals surface area contributed by atoms with Gasteiger partial charge in [-0.1, -0.05) is 332 Å². The molecular formula is C74H139NO5. The minimum atomic E-state index is -0.841. The van der Waals surface area contributed by atoms with Crippen molar-refractivity contribution in [3.63, 3.8) is 0 Å². The molecule has 0 aliphatic heterocycles. The Balaban J connectivity index is 3.35. The molecule has 2 unspecified atom stereocenters. The van der Waals surface area contributed by atoms with Crippen LogP contribution in [0.4, 0.5) is 0 Å². The Kier molecular flexibility index (Phi) is 67.4. The van der Waals surface area contributed by atoms with Crippen LogP contribution in [0.15, 0.2) is 48.6 Å². The molecule has 0 radical (unpaired) electrons. The first kappa shape index (κ1) is 77.8. The van der Waals surface area contributed by atoms with E-state index in [1.807, 2.05) is 6.08 Å². The van der Waals surface area contributed by atoms with Crippen molar-refractivity contribution in [3.8, 4) is 0 Å². The van der Waals surface area contributed by atoms with Gasteiger partial charge in [-0.3, -0.25) is 9.59 Å². The summed E-state index contributed by atoms with van der Waals surface area (Å²) in [5, 5.41) is 23.1. The van der Waals surface area contributed by atoms with Gasteiger partial charge in [0.2, 0.25) is 5.91 Å². The first-order chi connectivity index (χ1) is 39.5. The smallest absolute Gasteiger partial charge is 0.305 e. The van der Waals surface area contributed by atoms with Crippen LogP contribution in [-0.4, -0.2) is 47.4 Å². The van der Waals surface area contributed by atoms with Crippen LogP contribution in [0.1, 0.15) is 386 Å². The number of ether oxygens (including phenoxy) is 1. The zero-order valence-electron chi connectivity index (χ0n) is 53.8. The zero-order chi connectivity index (χ0) is 57.8. The first-order valence-electron chi connectivity index (χ1n) is 35.9. The molecule has 0 aromatic heterocycles. The lowest BCUT2D eigenvalue weighted by atomic mass is 10.0. The van der Waals surface area contributed by atoms with Crippen LogP contribution in [-0.2, 0) is 14.3 Å². The zero-order valence-corrected chi connectivity index (χ0v) is 53.8. The van der Waals surface area contributed by atoms with Crippen molar-refractivity contribution in [1.29, 1.82) is 0 Å². The summed E-state index contributed by atoms with van der Waals surface area (Å²) in [5.74, 6) is -0.0533. The molecular weight excluding hydrogens is 983 g/mol. The molecule has 0 heterocycles. The number of allylic oxidation sites excluding steroid dienone is 7. The maximum atomic E-state index is 12.5. The molecule has 0 bridgehead atoms. The predicted octanol–water partition coefficient (Wildman–Crippen LogP) is 23.3. The Morgan fingerprint density at radius 3 is 0.975 bits per heavy atom. The molecule has 0 aromatic rings. The fourth-order valence-corrected chi connectivity index (χ4v) is 11.1. The van der Waals surface area contributed by atoms with Gasteiger partial charge in [-0.05, 0) is 89.9 Å². The van der Waals surface area contributed by atoms with Crippen molar-refractivity contribution < 1.29 is 24.5 Å². The van der Waals surface area contributed by atoms with E-state index in [2.05, 4.69) is 55.6 Å². The van der Waals surface area contributed by atoms with Crippen LogP contribution in [0.25, 0.3) is 0 Å². The minimum Gasteiger partial charge on any atom is -0.466 e. The Labute approximate surface area is 499 Å². The fraction of sp³-hybridized carbons (Fsp3) is 0.865. The van der Waals surface area contributed by atoms with E-state index in [0.29, 0.717) is 19.4 Å². The average molecular weight is 1120 g/mol. The van der Waals surface area contributed by atoms with Gasteiger partial charge in [0, 0.05) is 12.8 Å². The summed E-state index contributed by atoms with van der Waals surface area (Å²) >= 11 is 0. The number of hydrogen-bond donors (Lipinski definition) is 3. The van der Waals surface area contributed by atoms with Crippen molar-refractivity contribution in [2.45, 2.75) is 398 Å². The van der Waals surface area contributed by atoms with Crippen LogP contribution in [0.2, 0.25) is 0 Å². The second-order valence-electron chi connectivity index (χ2n) is 24.6. The third kappa shape index (κ3) is 65.0. The van der Waals surface area contributed by atoms with Gasteiger partial charge in [-0.15, -0.1) is 0 Å². The lowest BCUT2D eigenvalue weighted by molar-refractivity contribution is -0.143. The molecule has 0 saturated heterocycles. The van der Waals surface area contributed by atoms with Crippen molar-refractivity contribution in [2.24, 2.45) is 0 Å². The first-order valence-corrected chi connectivity index (χ1v) is 35.9. The largest absolute Gasteiger partial charge is 0.466 e. The van der Waals surface area contributed by atoms with Gasteiger partial charge in [0.1, 0.15) is 0 Å².